The van der Waals surface area contributed by atoms with Gasteiger partial charge in [0, 0.05) is 50.6 Å². The number of anilines is 2. The van der Waals surface area contributed by atoms with Gasteiger partial charge in [-0.15, -0.1) is 0 Å². The van der Waals surface area contributed by atoms with E-state index in [1.807, 2.05) is 17.0 Å². The van der Waals surface area contributed by atoms with Crippen molar-refractivity contribution in [2.24, 2.45) is 0 Å². The third kappa shape index (κ3) is 5.13. The van der Waals surface area contributed by atoms with Gasteiger partial charge < -0.3 is 20.0 Å². The van der Waals surface area contributed by atoms with Crippen LogP contribution in [0, 0.1) is 0 Å². The van der Waals surface area contributed by atoms with E-state index in [2.05, 4.69) is 48.1 Å². The van der Waals surface area contributed by atoms with Crippen LogP contribution >= 0.6 is 0 Å². The van der Waals surface area contributed by atoms with Gasteiger partial charge in [-0.25, -0.2) is 4.79 Å². The average molecular weight is 318 g/mol. The molecule has 1 saturated heterocycles. The summed E-state index contributed by atoms with van der Waals surface area (Å²) in [5.74, 6) is 0. The molecule has 128 valence electrons. The third-order valence-electron chi connectivity index (χ3n) is 4.26. The maximum Gasteiger partial charge on any atom is 0.321 e. The number of hydrogen-bond donors (Lipinski definition) is 1. The normalized spacial score (nSPS) is 15.5. The highest BCUT2D eigenvalue weighted by Gasteiger charge is 2.15. The second-order valence-corrected chi connectivity index (χ2v) is 6.25. The maximum absolute atomic E-state index is 12.3. The molecule has 5 heteroatoms. The zero-order chi connectivity index (χ0) is 16.7. The molecular weight excluding hydrogens is 288 g/mol. The van der Waals surface area contributed by atoms with E-state index in [-0.39, 0.29) is 6.03 Å². The number of nitrogens with zero attached hydrogens (tertiary/aromatic N) is 3. The topological polar surface area (TPSA) is 38.8 Å². The van der Waals surface area contributed by atoms with E-state index < -0.39 is 0 Å². The zero-order valence-electron chi connectivity index (χ0n) is 14.7. The van der Waals surface area contributed by atoms with Crippen LogP contribution in [0.1, 0.15) is 26.7 Å². The fraction of sp³-hybridized carbons (Fsp3) is 0.611. The van der Waals surface area contributed by atoms with Crippen molar-refractivity contribution in [1.82, 2.24) is 9.80 Å². The first-order valence-corrected chi connectivity index (χ1v) is 8.73. The molecule has 0 atom stereocenters. The highest BCUT2D eigenvalue weighted by Crippen LogP contribution is 2.19. The van der Waals surface area contributed by atoms with Gasteiger partial charge in [0.15, 0.2) is 0 Å². The number of carbonyl (C=O) groups is 1. The van der Waals surface area contributed by atoms with Gasteiger partial charge in [-0.3, -0.25) is 0 Å². The highest BCUT2D eigenvalue weighted by atomic mass is 16.2. The van der Waals surface area contributed by atoms with E-state index in [0.29, 0.717) is 0 Å². The molecule has 1 aromatic rings. The van der Waals surface area contributed by atoms with Crippen LogP contribution in [0.4, 0.5) is 16.2 Å². The average Bonchev–Trinajstić information content (AvgIpc) is 2.56. The molecule has 2 amide bonds. The molecule has 1 aliphatic heterocycles. The van der Waals surface area contributed by atoms with Gasteiger partial charge in [-0.2, -0.15) is 0 Å². The van der Waals surface area contributed by atoms with Gasteiger partial charge in [0.2, 0.25) is 0 Å². The molecule has 0 spiro atoms. The Labute approximate surface area is 140 Å². The van der Waals surface area contributed by atoms with Crippen molar-refractivity contribution < 1.29 is 4.79 Å². The Bertz CT molecular complexity index is 474. The number of piperazine rings is 1. The Morgan fingerprint density at radius 2 is 1.61 bits per heavy atom. The Kier molecular flexibility index (Phi) is 6.71. The van der Waals surface area contributed by atoms with E-state index >= 15 is 0 Å². The van der Waals surface area contributed by atoms with E-state index in [1.54, 1.807) is 0 Å². The predicted molar refractivity (Wildman–Crippen MR) is 97.3 cm³/mol. The minimum atomic E-state index is 0.000970. The molecule has 23 heavy (non-hydrogen) atoms. The first-order chi connectivity index (χ1) is 11.1. The van der Waals surface area contributed by atoms with Crippen molar-refractivity contribution in [2.75, 3.05) is 56.5 Å². The molecule has 1 aliphatic rings. The molecule has 0 unspecified atom stereocenters. The number of urea groups is 1. The van der Waals surface area contributed by atoms with Crippen molar-refractivity contribution >= 4 is 17.4 Å². The minimum absolute atomic E-state index is 0.000970. The lowest BCUT2D eigenvalue weighted by Gasteiger charge is -2.34. The van der Waals surface area contributed by atoms with E-state index in [1.165, 1.54) is 5.69 Å². The van der Waals surface area contributed by atoms with Crippen LogP contribution in [0.5, 0.6) is 0 Å². The number of amides is 2. The van der Waals surface area contributed by atoms with Crippen molar-refractivity contribution in [3.8, 4) is 0 Å². The van der Waals surface area contributed by atoms with Gasteiger partial charge in [0.05, 0.1) is 0 Å². The fourth-order valence-corrected chi connectivity index (χ4v) is 2.88. The van der Waals surface area contributed by atoms with Crippen molar-refractivity contribution in [3.05, 3.63) is 24.3 Å². The SMILES string of the molecule is CCCN(CCC)C(=O)Nc1ccc(N2CCN(C)CC2)cc1. The van der Waals surface area contributed by atoms with Gasteiger partial charge >= 0.3 is 6.03 Å². The molecule has 1 fully saturated rings. The number of carbonyl (C=O) groups excluding carboxylic acids is 1. The standard InChI is InChI=1S/C18H30N4O/c1-4-10-22(11-5-2)18(23)19-16-6-8-17(9-7-16)21-14-12-20(3)13-15-21/h6-9H,4-5,10-15H2,1-3H3,(H,19,23). The third-order valence-corrected chi connectivity index (χ3v) is 4.26. The molecule has 1 N–H and O–H groups in total. The van der Waals surface area contributed by atoms with Crippen molar-refractivity contribution in [3.63, 3.8) is 0 Å². The van der Waals surface area contributed by atoms with E-state index in [4.69, 9.17) is 0 Å². The van der Waals surface area contributed by atoms with E-state index in [0.717, 1.165) is 57.8 Å². The van der Waals surface area contributed by atoms with Crippen LogP contribution in [-0.4, -0.2) is 62.1 Å². The molecule has 1 aromatic carbocycles. The van der Waals surface area contributed by atoms with Gasteiger partial charge in [0.1, 0.15) is 0 Å². The smallest absolute Gasteiger partial charge is 0.321 e. The Balaban J connectivity index is 1.92. The van der Waals surface area contributed by atoms with Gasteiger partial charge in [-0.1, -0.05) is 13.8 Å². The summed E-state index contributed by atoms with van der Waals surface area (Å²) in [4.78, 5) is 18.9. The monoisotopic (exact) mass is 318 g/mol. The van der Waals surface area contributed by atoms with Gasteiger partial charge in [0.25, 0.3) is 0 Å². The van der Waals surface area contributed by atoms with Crippen LogP contribution in [-0.2, 0) is 0 Å². The molecule has 0 aromatic heterocycles. The van der Waals surface area contributed by atoms with Crippen LogP contribution in [0.25, 0.3) is 0 Å². The number of rotatable bonds is 6. The van der Waals surface area contributed by atoms with Crippen LogP contribution in [0.3, 0.4) is 0 Å². The first kappa shape index (κ1) is 17.6. The number of nitrogens with one attached hydrogen (secondary N) is 1. The second kappa shape index (κ2) is 8.77. The molecule has 0 saturated carbocycles. The Morgan fingerprint density at radius 3 is 2.13 bits per heavy atom. The van der Waals surface area contributed by atoms with Gasteiger partial charge in [-0.05, 0) is 44.2 Å². The highest BCUT2D eigenvalue weighted by molar-refractivity contribution is 5.89. The summed E-state index contributed by atoms with van der Waals surface area (Å²) in [5, 5.41) is 3.01. The molecule has 0 bridgehead atoms. The summed E-state index contributed by atoms with van der Waals surface area (Å²) in [6, 6.07) is 8.21. The molecule has 2 rings (SSSR count). The summed E-state index contributed by atoms with van der Waals surface area (Å²) in [5.41, 5.74) is 2.10. The van der Waals surface area contributed by atoms with Crippen LogP contribution in [0.2, 0.25) is 0 Å². The quantitative estimate of drug-likeness (QED) is 0.876. The maximum atomic E-state index is 12.3. The lowest BCUT2D eigenvalue weighted by molar-refractivity contribution is 0.211. The lowest BCUT2D eigenvalue weighted by Crippen LogP contribution is -2.44. The summed E-state index contributed by atoms with van der Waals surface area (Å²) in [6.07, 6.45) is 1.96. The Hall–Kier alpha value is -1.75. The predicted octanol–water partition coefficient (Wildman–Crippen LogP) is 3.09. The van der Waals surface area contributed by atoms with Crippen molar-refractivity contribution in [2.45, 2.75) is 26.7 Å². The summed E-state index contributed by atoms with van der Waals surface area (Å²) >= 11 is 0. The molecule has 0 aliphatic carbocycles. The Morgan fingerprint density at radius 1 is 1.04 bits per heavy atom. The summed E-state index contributed by atoms with van der Waals surface area (Å²) in [6.45, 7) is 10.1. The lowest BCUT2D eigenvalue weighted by atomic mass is 10.2. The number of benzene rings is 1. The van der Waals surface area contributed by atoms with Crippen molar-refractivity contribution in [1.29, 1.82) is 0 Å². The largest absolute Gasteiger partial charge is 0.369 e. The summed E-state index contributed by atoms with van der Waals surface area (Å²) < 4.78 is 0. The van der Waals surface area contributed by atoms with Crippen LogP contribution in [0.15, 0.2) is 24.3 Å². The second-order valence-electron chi connectivity index (χ2n) is 6.25. The van der Waals surface area contributed by atoms with E-state index in [9.17, 15) is 4.79 Å². The molecule has 0 radical (unpaired) electrons. The molecule has 5 nitrogen and oxygen atoms in total. The fourth-order valence-electron chi connectivity index (χ4n) is 2.88. The molecular formula is C18H30N4O. The minimum Gasteiger partial charge on any atom is -0.369 e. The van der Waals surface area contributed by atoms with Crippen LogP contribution < -0.4 is 10.2 Å². The summed E-state index contributed by atoms with van der Waals surface area (Å²) in [7, 11) is 2.16. The number of likely N-dealkylation sites (N-methyl/N-ethyl adjacent to an activating group) is 1. The number of hydrogen-bond acceptors (Lipinski definition) is 3. The molecule has 1 heterocycles. The zero-order valence-corrected chi connectivity index (χ0v) is 14.7. The first-order valence-electron chi connectivity index (χ1n) is 8.73.